The van der Waals surface area contributed by atoms with Crippen molar-refractivity contribution in [2.45, 2.75) is 109 Å². The second-order valence-electron chi connectivity index (χ2n) is 12.4. The molecule has 1 fully saturated rings. The molecule has 0 aliphatic carbocycles. The van der Waals surface area contributed by atoms with Crippen LogP contribution in [0.3, 0.4) is 0 Å². The molecule has 40 heavy (non-hydrogen) atoms. The van der Waals surface area contributed by atoms with Crippen LogP contribution in [0.1, 0.15) is 72.7 Å². The molecular formula is C32H49IO6Si. The molecule has 2 rings (SSSR count). The number of ether oxygens (including phenoxy) is 4. The van der Waals surface area contributed by atoms with Crippen LogP contribution < -0.4 is 4.74 Å². The second kappa shape index (κ2) is 14.6. The minimum atomic E-state index is -2.17. The normalized spacial score (nSPS) is 24.2. The number of hydrogen-bond acceptors (Lipinski definition) is 6. The van der Waals surface area contributed by atoms with E-state index in [9.17, 15) is 4.79 Å². The molecule has 0 bridgehead atoms. The zero-order valence-electron chi connectivity index (χ0n) is 25.8. The molecular weight excluding hydrogens is 635 g/mol. The van der Waals surface area contributed by atoms with E-state index in [1.165, 1.54) is 0 Å². The van der Waals surface area contributed by atoms with E-state index < -0.39 is 20.2 Å². The van der Waals surface area contributed by atoms with Gasteiger partial charge in [-0.05, 0) is 66.6 Å². The topological polar surface area (TPSA) is 63.2 Å². The van der Waals surface area contributed by atoms with E-state index in [0.29, 0.717) is 12.8 Å². The predicted octanol–water partition coefficient (Wildman–Crippen LogP) is 8.69. The molecule has 0 amide bonds. The van der Waals surface area contributed by atoms with Gasteiger partial charge in [0.2, 0.25) is 0 Å². The molecule has 1 aliphatic rings. The SMILES string of the molecule is C=C[C@@H]1O[C@H](c2ccc(OC)cc2)O[C@]1(C)CC[C@H](CC(=O)O[C@H](/C(C)=C/I)[C@@H](C)C=C)O[Si](C)(C)C(C)(C)C. The minimum absolute atomic E-state index is 0.000844. The Morgan fingerprint density at radius 2 is 1.85 bits per heavy atom. The van der Waals surface area contributed by atoms with Crippen LogP contribution in [0.15, 0.2) is 59.2 Å². The van der Waals surface area contributed by atoms with Gasteiger partial charge < -0.3 is 23.4 Å². The zero-order chi connectivity index (χ0) is 30.3. The predicted molar refractivity (Wildman–Crippen MR) is 173 cm³/mol. The first-order valence-corrected chi connectivity index (χ1v) is 18.1. The van der Waals surface area contributed by atoms with Gasteiger partial charge in [-0.2, -0.15) is 0 Å². The van der Waals surface area contributed by atoms with E-state index in [1.54, 1.807) is 13.2 Å². The third-order valence-electron chi connectivity index (χ3n) is 8.20. The van der Waals surface area contributed by atoms with E-state index in [1.807, 2.05) is 55.2 Å². The maximum Gasteiger partial charge on any atom is 0.308 e. The summed E-state index contributed by atoms with van der Waals surface area (Å²) in [5.74, 6) is 0.502. The van der Waals surface area contributed by atoms with Gasteiger partial charge in [0.1, 0.15) is 18.0 Å². The first-order chi connectivity index (χ1) is 18.6. The van der Waals surface area contributed by atoms with Crippen LogP contribution >= 0.6 is 22.6 Å². The number of carbonyl (C=O) groups is 1. The standard InChI is InChI=1S/C32H49IO6Si/c1-12-22(3)29(23(4)21-33)37-28(34)20-26(39-40(10,11)31(5,6)7)18-19-32(8)27(13-2)36-30(38-32)24-14-16-25(35-9)17-15-24/h12-17,21-22,26-27,29-30H,1-2,18-20H2,3-11H3/b23-21+/t22-,26+,27-,29-,30-,32+/m0/s1. The van der Waals surface area contributed by atoms with Crippen LogP contribution in [0.4, 0.5) is 0 Å². The first-order valence-electron chi connectivity index (χ1n) is 14.0. The molecule has 6 atom stereocenters. The van der Waals surface area contributed by atoms with Gasteiger partial charge in [-0.15, -0.1) is 13.2 Å². The van der Waals surface area contributed by atoms with Crippen molar-refractivity contribution in [3.8, 4) is 5.75 Å². The van der Waals surface area contributed by atoms with Gasteiger partial charge in [-0.3, -0.25) is 4.79 Å². The Balaban J connectivity index is 2.23. The summed E-state index contributed by atoms with van der Waals surface area (Å²) < 4.78 is 32.8. The van der Waals surface area contributed by atoms with Gasteiger partial charge in [0.15, 0.2) is 14.6 Å². The summed E-state index contributed by atoms with van der Waals surface area (Å²) in [7, 11) is -0.534. The van der Waals surface area contributed by atoms with Gasteiger partial charge in [0.05, 0.1) is 25.2 Å². The van der Waals surface area contributed by atoms with E-state index in [0.717, 1.165) is 16.9 Å². The summed E-state index contributed by atoms with van der Waals surface area (Å²) in [6.07, 6.45) is 3.52. The van der Waals surface area contributed by atoms with Crippen molar-refractivity contribution in [1.29, 1.82) is 0 Å². The molecule has 224 valence electrons. The maximum atomic E-state index is 13.3. The monoisotopic (exact) mass is 684 g/mol. The molecule has 1 aromatic rings. The van der Waals surface area contributed by atoms with Crippen LogP contribution in [0.25, 0.3) is 0 Å². The quantitative estimate of drug-likeness (QED) is 0.0846. The third-order valence-corrected chi connectivity index (χ3v) is 13.7. The van der Waals surface area contributed by atoms with Gasteiger partial charge in [0, 0.05) is 11.5 Å². The average molecular weight is 685 g/mol. The largest absolute Gasteiger partial charge is 0.497 e. The molecule has 0 unspecified atom stereocenters. The Labute approximate surface area is 256 Å². The van der Waals surface area contributed by atoms with Gasteiger partial charge in [-0.25, -0.2) is 0 Å². The van der Waals surface area contributed by atoms with Crippen LogP contribution in [0.5, 0.6) is 5.75 Å². The van der Waals surface area contributed by atoms with Crippen molar-refractivity contribution in [3.63, 3.8) is 0 Å². The Morgan fingerprint density at radius 1 is 1.23 bits per heavy atom. The number of halogens is 1. The van der Waals surface area contributed by atoms with Crippen molar-refractivity contribution in [1.82, 2.24) is 0 Å². The summed E-state index contributed by atoms with van der Waals surface area (Å²) in [5.41, 5.74) is 1.27. The Kier molecular flexibility index (Phi) is 12.7. The summed E-state index contributed by atoms with van der Waals surface area (Å²) in [6.45, 7) is 24.9. The fourth-order valence-electron chi connectivity index (χ4n) is 4.45. The molecule has 0 N–H and O–H groups in total. The summed E-state index contributed by atoms with van der Waals surface area (Å²) >= 11 is 2.18. The first kappa shape index (κ1) is 34.7. The van der Waals surface area contributed by atoms with Crippen molar-refractivity contribution in [2.24, 2.45) is 5.92 Å². The number of benzene rings is 1. The molecule has 1 aromatic carbocycles. The highest BCUT2D eigenvalue weighted by Crippen LogP contribution is 2.43. The van der Waals surface area contributed by atoms with Crippen LogP contribution in [0.2, 0.25) is 18.1 Å². The van der Waals surface area contributed by atoms with Crippen LogP contribution in [0, 0.1) is 5.92 Å². The number of carbonyl (C=O) groups excluding carboxylic acids is 1. The minimum Gasteiger partial charge on any atom is -0.497 e. The van der Waals surface area contributed by atoms with Gasteiger partial charge in [0.25, 0.3) is 0 Å². The zero-order valence-corrected chi connectivity index (χ0v) is 28.9. The number of methoxy groups -OCH3 is 1. The highest BCUT2D eigenvalue weighted by molar-refractivity contribution is 14.1. The van der Waals surface area contributed by atoms with Crippen molar-refractivity contribution < 1.29 is 28.2 Å². The molecule has 8 heteroatoms. The third kappa shape index (κ3) is 9.02. The van der Waals surface area contributed by atoms with Crippen LogP contribution in [-0.4, -0.2) is 45.3 Å². The Morgan fingerprint density at radius 3 is 2.35 bits per heavy atom. The van der Waals surface area contributed by atoms with Gasteiger partial charge in [-0.1, -0.05) is 74.6 Å². The fraction of sp³-hybridized carbons (Fsp3) is 0.594. The second-order valence-corrected chi connectivity index (χ2v) is 17.8. The van der Waals surface area contributed by atoms with Crippen LogP contribution in [-0.2, 0) is 23.4 Å². The van der Waals surface area contributed by atoms with E-state index >= 15 is 0 Å². The summed E-state index contributed by atoms with van der Waals surface area (Å²) in [4.78, 5) is 13.3. The molecule has 1 saturated heterocycles. The Bertz CT molecular complexity index is 1030. The lowest BCUT2D eigenvalue weighted by Gasteiger charge is -2.40. The fourth-order valence-corrected chi connectivity index (χ4v) is 6.19. The van der Waals surface area contributed by atoms with Crippen molar-refractivity contribution in [3.05, 3.63) is 64.8 Å². The van der Waals surface area contributed by atoms with Crippen molar-refractivity contribution >= 4 is 36.9 Å². The molecule has 1 heterocycles. The highest BCUT2D eigenvalue weighted by Gasteiger charge is 2.46. The van der Waals surface area contributed by atoms with Crippen molar-refractivity contribution in [2.75, 3.05) is 7.11 Å². The highest BCUT2D eigenvalue weighted by atomic mass is 127. The van der Waals surface area contributed by atoms with E-state index in [-0.39, 0.29) is 41.7 Å². The summed E-state index contributed by atoms with van der Waals surface area (Å²) in [6, 6.07) is 7.68. The smallest absolute Gasteiger partial charge is 0.308 e. The summed E-state index contributed by atoms with van der Waals surface area (Å²) in [5, 5.41) is -0.00440. The Hall–Kier alpha value is -1.46. The number of esters is 1. The molecule has 6 nitrogen and oxygen atoms in total. The average Bonchev–Trinajstić information content (AvgIpc) is 3.25. The molecule has 0 radical (unpaired) electrons. The van der Waals surface area contributed by atoms with E-state index in [4.69, 9.17) is 23.4 Å². The molecule has 0 saturated carbocycles. The number of hydrogen-bond donors (Lipinski definition) is 0. The lowest BCUT2D eigenvalue weighted by molar-refractivity contribution is -0.151. The maximum absolute atomic E-state index is 13.3. The van der Waals surface area contributed by atoms with Gasteiger partial charge >= 0.3 is 5.97 Å². The lowest BCUT2D eigenvalue weighted by atomic mass is 9.91. The molecule has 0 spiro atoms. The lowest BCUT2D eigenvalue weighted by Crippen LogP contribution is -2.45. The van der Waals surface area contributed by atoms with E-state index in [2.05, 4.69) is 69.6 Å². The molecule has 0 aromatic heterocycles. The number of rotatable bonds is 14. The molecule has 1 aliphatic heterocycles.